The fraction of sp³-hybridized carbons (Fsp3) is 0. The van der Waals surface area contributed by atoms with Crippen LogP contribution in [0.4, 0.5) is 22.0 Å². The number of hydrogen-bond donors (Lipinski definition) is 0. The molecular formula is C24H7F5N4. The highest BCUT2D eigenvalue weighted by molar-refractivity contribution is 5.83. The summed E-state index contributed by atoms with van der Waals surface area (Å²) in [6, 6.07) is 14.1. The molecule has 0 fully saturated rings. The summed E-state index contributed by atoms with van der Waals surface area (Å²) in [6.07, 6.45) is 0. The number of nitrogens with zero attached hydrogens (tertiary/aromatic N) is 4. The van der Waals surface area contributed by atoms with Crippen molar-refractivity contribution in [2.24, 2.45) is 0 Å². The Labute approximate surface area is 183 Å². The number of benzene rings is 3. The maximum atomic E-state index is 14.7. The van der Waals surface area contributed by atoms with Crippen LogP contribution >= 0.6 is 0 Å². The number of halogens is 5. The molecule has 0 aliphatic carbocycles. The molecule has 3 aromatic rings. The van der Waals surface area contributed by atoms with Gasteiger partial charge < -0.3 is 0 Å². The highest BCUT2D eigenvalue weighted by Gasteiger charge is 2.28. The van der Waals surface area contributed by atoms with Crippen LogP contribution in [0.1, 0.15) is 11.1 Å². The Morgan fingerprint density at radius 1 is 0.697 bits per heavy atom. The second-order valence-electron chi connectivity index (χ2n) is 6.47. The van der Waals surface area contributed by atoms with Crippen LogP contribution in [0.3, 0.4) is 0 Å². The normalized spacial score (nSPS) is 10.9. The Morgan fingerprint density at radius 3 is 1.85 bits per heavy atom. The van der Waals surface area contributed by atoms with E-state index >= 15 is 0 Å². The van der Waals surface area contributed by atoms with E-state index in [0.717, 1.165) is 24.3 Å². The first-order valence-electron chi connectivity index (χ1n) is 8.90. The molecule has 4 nitrogen and oxygen atoms in total. The maximum Gasteiger partial charge on any atom is 0.180 e. The third-order valence-electron chi connectivity index (χ3n) is 4.67. The van der Waals surface area contributed by atoms with Gasteiger partial charge in [-0.05, 0) is 29.3 Å². The fourth-order valence-electron chi connectivity index (χ4n) is 3.17. The van der Waals surface area contributed by atoms with Gasteiger partial charge in [-0.3, -0.25) is 0 Å². The summed E-state index contributed by atoms with van der Waals surface area (Å²) in [4.78, 5) is 0. The number of nitriles is 4. The molecule has 0 saturated carbocycles. The minimum atomic E-state index is -1.98. The SMILES string of the molecule is N#CC(C#N)=c1cc/c(=C(/C#N)c2c(F)c(F)c(C#N)c(F)c2F)c(-c2cccc(F)c2)c1. The largest absolute Gasteiger partial charge is 0.207 e. The van der Waals surface area contributed by atoms with Crippen molar-refractivity contribution in [2.45, 2.75) is 0 Å². The van der Waals surface area contributed by atoms with Gasteiger partial charge in [0.2, 0.25) is 0 Å². The lowest BCUT2D eigenvalue weighted by atomic mass is 9.94. The summed E-state index contributed by atoms with van der Waals surface area (Å²) in [5, 5.41) is 36.5. The molecule has 0 unspecified atom stereocenters. The Kier molecular flexibility index (Phi) is 6.20. The van der Waals surface area contributed by atoms with Crippen molar-refractivity contribution < 1.29 is 22.0 Å². The molecule has 0 aliphatic rings. The third-order valence-corrected chi connectivity index (χ3v) is 4.67. The molecule has 0 spiro atoms. The van der Waals surface area contributed by atoms with Crippen LogP contribution in [0, 0.1) is 74.4 Å². The molecule has 0 saturated heterocycles. The monoisotopic (exact) mass is 446 g/mol. The zero-order valence-electron chi connectivity index (χ0n) is 16.2. The second kappa shape index (κ2) is 9.02. The van der Waals surface area contributed by atoms with E-state index in [4.69, 9.17) is 15.8 Å². The van der Waals surface area contributed by atoms with Gasteiger partial charge in [-0.15, -0.1) is 0 Å². The number of rotatable bonds is 2. The molecule has 0 heterocycles. The van der Waals surface area contributed by atoms with Gasteiger partial charge in [0.15, 0.2) is 23.3 Å². The van der Waals surface area contributed by atoms with E-state index in [1.807, 2.05) is 0 Å². The lowest BCUT2D eigenvalue weighted by Crippen LogP contribution is -2.18. The Balaban J connectivity index is 2.61. The maximum absolute atomic E-state index is 14.7. The summed E-state index contributed by atoms with van der Waals surface area (Å²) in [5.41, 5.74) is -4.00. The standard InChI is InChI=1S/C24H7F5N4/c25-15-3-1-2-13(6-15)17-7-12(14(8-30)9-31)4-5-16(17)18(10-32)20-23(28)21(26)19(11-33)22(27)24(20)29/h1-7H/b18-16+. The van der Waals surface area contributed by atoms with Crippen LogP contribution in [0.2, 0.25) is 0 Å². The van der Waals surface area contributed by atoms with Gasteiger partial charge >= 0.3 is 0 Å². The van der Waals surface area contributed by atoms with Crippen molar-refractivity contribution in [3.05, 3.63) is 93.1 Å². The van der Waals surface area contributed by atoms with Crippen molar-refractivity contribution in [2.75, 3.05) is 0 Å². The van der Waals surface area contributed by atoms with Crippen molar-refractivity contribution in [1.29, 1.82) is 21.0 Å². The van der Waals surface area contributed by atoms with Crippen molar-refractivity contribution in [3.8, 4) is 35.4 Å². The third kappa shape index (κ3) is 3.88. The molecule has 3 aromatic carbocycles. The van der Waals surface area contributed by atoms with Crippen LogP contribution < -0.4 is 10.4 Å². The molecule has 3 rings (SSSR count). The molecule has 0 atom stereocenters. The Morgan fingerprint density at radius 2 is 1.33 bits per heavy atom. The fourth-order valence-corrected chi connectivity index (χ4v) is 3.17. The molecular weight excluding hydrogens is 439 g/mol. The van der Waals surface area contributed by atoms with E-state index in [0.29, 0.717) is 0 Å². The smallest absolute Gasteiger partial charge is 0.180 e. The van der Waals surface area contributed by atoms with Gasteiger partial charge in [0, 0.05) is 10.4 Å². The zero-order chi connectivity index (χ0) is 24.3. The number of hydrogen-bond acceptors (Lipinski definition) is 4. The van der Waals surface area contributed by atoms with Gasteiger partial charge in [-0.2, -0.15) is 21.0 Å². The average molecular weight is 446 g/mol. The van der Waals surface area contributed by atoms with E-state index in [1.165, 1.54) is 30.3 Å². The van der Waals surface area contributed by atoms with E-state index in [1.54, 1.807) is 12.1 Å². The molecule has 33 heavy (non-hydrogen) atoms. The van der Waals surface area contributed by atoms with Gasteiger partial charge in [0.1, 0.15) is 41.2 Å². The van der Waals surface area contributed by atoms with Gasteiger partial charge in [-0.25, -0.2) is 22.0 Å². The molecule has 158 valence electrons. The van der Waals surface area contributed by atoms with Crippen LogP contribution in [-0.2, 0) is 0 Å². The molecule has 0 amide bonds. The minimum Gasteiger partial charge on any atom is -0.207 e. The first-order chi connectivity index (χ1) is 15.8. The molecule has 9 heteroatoms. The molecule has 0 aliphatic heterocycles. The first kappa shape index (κ1) is 22.7. The average Bonchev–Trinajstić information content (AvgIpc) is 2.82. The van der Waals surface area contributed by atoms with Crippen molar-refractivity contribution in [3.63, 3.8) is 0 Å². The lowest BCUT2D eigenvalue weighted by molar-refractivity contribution is 0.447. The summed E-state index contributed by atoms with van der Waals surface area (Å²) in [6.45, 7) is 0. The topological polar surface area (TPSA) is 95.2 Å². The Bertz CT molecular complexity index is 1570. The van der Waals surface area contributed by atoms with E-state index in [-0.39, 0.29) is 27.1 Å². The van der Waals surface area contributed by atoms with Gasteiger partial charge in [0.05, 0.1) is 11.1 Å². The predicted octanol–water partition coefficient (Wildman–Crippen LogP) is 3.84. The van der Waals surface area contributed by atoms with Gasteiger partial charge in [0.25, 0.3) is 0 Å². The Hall–Kier alpha value is -4.99. The van der Waals surface area contributed by atoms with E-state index < -0.39 is 45.8 Å². The second-order valence-corrected chi connectivity index (χ2v) is 6.47. The van der Waals surface area contributed by atoms with Crippen molar-refractivity contribution >= 4 is 11.1 Å². The van der Waals surface area contributed by atoms with E-state index in [2.05, 4.69) is 0 Å². The zero-order valence-corrected chi connectivity index (χ0v) is 16.2. The lowest BCUT2D eigenvalue weighted by Gasteiger charge is -2.10. The van der Waals surface area contributed by atoms with Gasteiger partial charge in [-0.1, -0.05) is 24.3 Å². The van der Waals surface area contributed by atoms with Crippen LogP contribution in [0.15, 0.2) is 42.5 Å². The summed E-state index contributed by atoms with van der Waals surface area (Å²) < 4.78 is 71.6. The van der Waals surface area contributed by atoms with Crippen LogP contribution in [0.25, 0.3) is 22.3 Å². The summed E-state index contributed by atoms with van der Waals surface area (Å²) in [5.74, 6) is -8.59. The highest BCUT2D eigenvalue weighted by atomic mass is 19.2. The molecule has 0 radical (unpaired) electrons. The van der Waals surface area contributed by atoms with E-state index in [9.17, 15) is 27.2 Å². The summed E-state index contributed by atoms with van der Waals surface area (Å²) >= 11 is 0. The molecule has 0 bridgehead atoms. The molecule has 0 N–H and O–H groups in total. The minimum absolute atomic E-state index is 0.0458. The predicted molar refractivity (Wildman–Crippen MR) is 105 cm³/mol. The summed E-state index contributed by atoms with van der Waals surface area (Å²) in [7, 11) is 0. The van der Waals surface area contributed by atoms with Crippen LogP contribution in [-0.4, -0.2) is 0 Å². The highest BCUT2D eigenvalue weighted by Crippen LogP contribution is 2.28. The molecule has 0 aromatic heterocycles. The van der Waals surface area contributed by atoms with Crippen molar-refractivity contribution in [1.82, 2.24) is 0 Å². The first-order valence-corrected chi connectivity index (χ1v) is 8.90. The quantitative estimate of drug-likeness (QED) is 0.442. The van der Waals surface area contributed by atoms with Crippen LogP contribution in [0.5, 0.6) is 0 Å².